The molecule has 1 saturated heterocycles. The molecule has 7 heteroatoms. The fraction of sp³-hybridized carbons (Fsp3) is 0.500. The monoisotopic (exact) mass is 345 g/mol. The second-order valence-corrected chi connectivity index (χ2v) is 6.56. The summed E-state index contributed by atoms with van der Waals surface area (Å²) in [5.41, 5.74) is 1.59. The molecule has 1 N–H and O–H groups in total. The highest BCUT2D eigenvalue weighted by atomic mass is 19.1. The number of hydrogen-bond donors (Lipinski definition) is 1. The minimum absolute atomic E-state index is 0.242. The molecular formula is C18H24FN5O. The van der Waals surface area contributed by atoms with E-state index in [-0.39, 0.29) is 17.8 Å². The van der Waals surface area contributed by atoms with Crippen LogP contribution in [0.2, 0.25) is 0 Å². The maximum atomic E-state index is 14.0. The van der Waals surface area contributed by atoms with E-state index in [2.05, 4.69) is 15.6 Å². The van der Waals surface area contributed by atoms with Gasteiger partial charge < -0.3 is 10.2 Å². The van der Waals surface area contributed by atoms with Crippen LogP contribution in [-0.4, -0.2) is 45.9 Å². The summed E-state index contributed by atoms with van der Waals surface area (Å²) >= 11 is 0. The minimum Gasteiger partial charge on any atom is -0.333 e. The van der Waals surface area contributed by atoms with Crippen molar-refractivity contribution in [3.8, 4) is 0 Å². The van der Waals surface area contributed by atoms with Gasteiger partial charge in [-0.1, -0.05) is 23.4 Å². The first kappa shape index (κ1) is 17.5. The summed E-state index contributed by atoms with van der Waals surface area (Å²) in [6.45, 7) is 5.56. The van der Waals surface area contributed by atoms with Crippen LogP contribution >= 0.6 is 0 Å². The maximum Gasteiger partial charge on any atom is 0.276 e. The van der Waals surface area contributed by atoms with Gasteiger partial charge in [0.2, 0.25) is 0 Å². The van der Waals surface area contributed by atoms with Crippen LogP contribution in [0.5, 0.6) is 0 Å². The number of amides is 1. The van der Waals surface area contributed by atoms with Gasteiger partial charge in [-0.15, -0.1) is 5.10 Å². The number of hydrogen-bond acceptors (Lipinski definition) is 4. The molecule has 1 aromatic heterocycles. The molecule has 134 valence electrons. The average molecular weight is 345 g/mol. The summed E-state index contributed by atoms with van der Waals surface area (Å²) < 4.78 is 15.9. The van der Waals surface area contributed by atoms with Gasteiger partial charge in [-0.3, -0.25) is 4.79 Å². The topological polar surface area (TPSA) is 63.1 Å². The summed E-state index contributed by atoms with van der Waals surface area (Å²) in [6, 6.07) is 6.39. The van der Waals surface area contributed by atoms with Gasteiger partial charge in [0.1, 0.15) is 5.82 Å². The van der Waals surface area contributed by atoms with Crippen molar-refractivity contribution in [3.63, 3.8) is 0 Å². The standard InChI is InChI=1S/C18H24FN5O/c1-12(15-6-4-5-7-16(15)19)23(3)18(25)17-13(2)24(22-21-17)14-8-10-20-11-9-14/h4-7,12,14,20H,8-11H2,1-3H3. The Balaban J connectivity index is 1.81. The van der Waals surface area contributed by atoms with Crippen LogP contribution in [-0.2, 0) is 0 Å². The van der Waals surface area contributed by atoms with Crippen molar-refractivity contribution in [2.75, 3.05) is 20.1 Å². The van der Waals surface area contributed by atoms with Crippen molar-refractivity contribution in [2.45, 2.75) is 38.8 Å². The number of carbonyl (C=O) groups is 1. The zero-order chi connectivity index (χ0) is 18.0. The van der Waals surface area contributed by atoms with Crippen molar-refractivity contribution < 1.29 is 9.18 Å². The first-order chi connectivity index (χ1) is 12.0. The summed E-state index contributed by atoms with van der Waals surface area (Å²) in [6.07, 6.45) is 1.94. The first-order valence-corrected chi connectivity index (χ1v) is 8.64. The third kappa shape index (κ3) is 3.42. The molecule has 1 aliphatic heterocycles. The number of carbonyl (C=O) groups excluding carboxylic acids is 1. The number of nitrogens with zero attached hydrogens (tertiary/aromatic N) is 4. The Kier molecular flexibility index (Phi) is 5.13. The molecule has 1 aliphatic rings. The van der Waals surface area contributed by atoms with Crippen molar-refractivity contribution in [3.05, 3.63) is 47.0 Å². The van der Waals surface area contributed by atoms with Crippen LogP contribution in [0.15, 0.2) is 24.3 Å². The second kappa shape index (κ2) is 7.31. The maximum absolute atomic E-state index is 14.0. The Morgan fingerprint density at radius 1 is 1.36 bits per heavy atom. The third-order valence-electron chi connectivity index (χ3n) is 5.04. The van der Waals surface area contributed by atoms with Crippen LogP contribution in [0.4, 0.5) is 4.39 Å². The Morgan fingerprint density at radius 2 is 2.04 bits per heavy atom. The Morgan fingerprint density at radius 3 is 2.72 bits per heavy atom. The number of aromatic nitrogens is 3. The van der Waals surface area contributed by atoms with Gasteiger partial charge in [-0.25, -0.2) is 9.07 Å². The molecule has 2 heterocycles. The number of benzene rings is 1. The van der Waals surface area contributed by atoms with Crippen LogP contribution in [0.3, 0.4) is 0 Å². The SMILES string of the molecule is Cc1c(C(=O)N(C)C(C)c2ccccc2F)nnn1C1CCNCC1. The van der Waals surface area contributed by atoms with Crippen molar-refractivity contribution in [2.24, 2.45) is 0 Å². The largest absolute Gasteiger partial charge is 0.333 e. The molecule has 25 heavy (non-hydrogen) atoms. The van der Waals surface area contributed by atoms with E-state index in [1.54, 1.807) is 25.2 Å². The van der Waals surface area contributed by atoms with Gasteiger partial charge >= 0.3 is 0 Å². The number of halogens is 1. The van der Waals surface area contributed by atoms with Gasteiger partial charge in [0.05, 0.1) is 17.8 Å². The molecule has 0 saturated carbocycles. The Labute approximate surface area is 147 Å². The molecule has 6 nitrogen and oxygen atoms in total. The molecule has 1 unspecified atom stereocenters. The lowest BCUT2D eigenvalue weighted by atomic mass is 10.1. The van der Waals surface area contributed by atoms with Gasteiger partial charge in [0, 0.05) is 12.6 Å². The highest BCUT2D eigenvalue weighted by Gasteiger charge is 2.27. The average Bonchev–Trinajstić information content (AvgIpc) is 3.02. The fourth-order valence-electron chi connectivity index (χ4n) is 3.30. The Hall–Kier alpha value is -2.28. The van der Waals surface area contributed by atoms with Gasteiger partial charge in [0.25, 0.3) is 5.91 Å². The molecule has 1 atom stereocenters. The first-order valence-electron chi connectivity index (χ1n) is 8.64. The van der Waals surface area contributed by atoms with Crippen LogP contribution in [0.25, 0.3) is 0 Å². The molecular weight excluding hydrogens is 321 g/mol. The third-order valence-corrected chi connectivity index (χ3v) is 5.04. The molecule has 0 aliphatic carbocycles. The van der Waals surface area contributed by atoms with E-state index in [1.165, 1.54) is 11.0 Å². The predicted octanol–water partition coefficient (Wildman–Crippen LogP) is 2.48. The summed E-state index contributed by atoms with van der Waals surface area (Å²) in [5, 5.41) is 11.6. The van der Waals surface area contributed by atoms with Crippen LogP contribution in [0.1, 0.15) is 53.6 Å². The lowest BCUT2D eigenvalue weighted by molar-refractivity contribution is 0.0733. The van der Waals surface area contributed by atoms with Crippen molar-refractivity contribution in [1.29, 1.82) is 0 Å². The molecule has 0 spiro atoms. The summed E-state index contributed by atoms with van der Waals surface area (Å²) in [5.74, 6) is -0.557. The number of rotatable bonds is 4. The highest BCUT2D eigenvalue weighted by molar-refractivity contribution is 5.93. The molecule has 3 rings (SSSR count). The zero-order valence-corrected chi connectivity index (χ0v) is 14.9. The van der Waals surface area contributed by atoms with E-state index in [0.29, 0.717) is 11.3 Å². The van der Waals surface area contributed by atoms with E-state index in [4.69, 9.17) is 0 Å². The van der Waals surface area contributed by atoms with E-state index in [0.717, 1.165) is 31.6 Å². The van der Waals surface area contributed by atoms with Gasteiger partial charge in [0.15, 0.2) is 5.69 Å². The molecule has 0 radical (unpaired) electrons. The van der Waals surface area contributed by atoms with E-state index >= 15 is 0 Å². The summed E-state index contributed by atoms with van der Waals surface area (Å²) in [4.78, 5) is 14.4. The highest BCUT2D eigenvalue weighted by Crippen LogP contribution is 2.25. The molecule has 2 aromatic rings. The second-order valence-electron chi connectivity index (χ2n) is 6.56. The predicted molar refractivity (Wildman–Crippen MR) is 92.8 cm³/mol. The molecule has 1 amide bonds. The van der Waals surface area contributed by atoms with Crippen LogP contribution in [0, 0.1) is 12.7 Å². The number of nitrogens with one attached hydrogen (secondary N) is 1. The van der Waals surface area contributed by atoms with Crippen molar-refractivity contribution >= 4 is 5.91 Å². The van der Waals surface area contributed by atoms with Gasteiger partial charge in [-0.05, 0) is 45.8 Å². The lowest BCUT2D eigenvalue weighted by Gasteiger charge is -2.25. The van der Waals surface area contributed by atoms with E-state index in [9.17, 15) is 9.18 Å². The summed E-state index contributed by atoms with van der Waals surface area (Å²) in [7, 11) is 1.67. The molecule has 1 aromatic carbocycles. The Bertz CT molecular complexity index is 754. The van der Waals surface area contributed by atoms with Crippen molar-refractivity contribution in [1.82, 2.24) is 25.2 Å². The normalized spacial score (nSPS) is 16.6. The quantitative estimate of drug-likeness (QED) is 0.925. The lowest BCUT2D eigenvalue weighted by Crippen LogP contribution is -2.32. The van der Waals surface area contributed by atoms with Gasteiger partial charge in [-0.2, -0.15) is 0 Å². The zero-order valence-electron chi connectivity index (χ0n) is 14.9. The molecule has 0 bridgehead atoms. The molecule has 1 fully saturated rings. The number of piperidine rings is 1. The fourth-order valence-corrected chi connectivity index (χ4v) is 3.30. The van der Waals surface area contributed by atoms with Crippen LogP contribution < -0.4 is 5.32 Å². The minimum atomic E-state index is -0.392. The van der Waals surface area contributed by atoms with E-state index in [1.807, 2.05) is 18.5 Å². The van der Waals surface area contributed by atoms with E-state index < -0.39 is 6.04 Å². The smallest absolute Gasteiger partial charge is 0.276 e.